The van der Waals surface area contributed by atoms with E-state index in [1.807, 2.05) is 0 Å². The second-order valence-electron chi connectivity index (χ2n) is 9.35. The van der Waals surface area contributed by atoms with Crippen molar-refractivity contribution < 1.29 is 50.1 Å². The standard InChI is InChI=1S/C32H26F6O5/c1-40-26-13-9-23(10-14-26)20-42-30(31(33,34)35,32(36,37)38)25-11-17-28(18-12-25)43-29(24-5-3-2-4-6-24)21-41-27-15-7-22(19-39)8-16-27/h2-19,29H,20-21H2,1H3. The van der Waals surface area contributed by atoms with Gasteiger partial charge in [0, 0.05) is 11.1 Å². The van der Waals surface area contributed by atoms with Crippen LogP contribution >= 0.6 is 0 Å². The molecule has 0 aliphatic carbocycles. The molecule has 43 heavy (non-hydrogen) atoms. The van der Waals surface area contributed by atoms with E-state index < -0.39 is 36.2 Å². The van der Waals surface area contributed by atoms with Gasteiger partial charge >= 0.3 is 12.4 Å². The van der Waals surface area contributed by atoms with Gasteiger partial charge in [0.2, 0.25) is 0 Å². The fourth-order valence-corrected chi connectivity index (χ4v) is 4.26. The quantitative estimate of drug-likeness (QED) is 0.120. The van der Waals surface area contributed by atoms with Gasteiger partial charge in [0.1, 0.15) is 30.1 Å². The minimum Gasteiger partial charge on any atom is -0.497 e. The predicted octanol–water partition coefficient (Wildman–Crippen LogP) is 8.24. The van der Waals surface area contributed by atoms with Crippen LogP contribution in [0.25, 0.3) is 0 Å². The van der Waals surface area contributed by atoms with Crippen LogP contribution in [0.2, 0.25) is 0 Å². The maximum atomic E-state index is 14.3. The number of methoxy groups -OCH3 is 1. The fraction of sp³-hybridized carbons (Fsp3) is 0.219. The Bertz CT molecular complexity index is 1440. The highest BCUT2D eigenvalue weighted by molar-refractivity contribution is 5.74. The molecule has 0 N–H and O–H groups in total. The van der Waals surface area contributed by atoms with E-state index in [2.05, 4.69) is 0 Å². The molecule has 5 nitrogen and oxygen atoms in total. The molecule has 1 atom stereocenters. The zero-order chi connectivity index (χ0) is 31.1. The van der Waals surface area contributed by atoms with Crippen molar-refractivity contribution in [3.63, 3.8) is 0 Å². The highest BCUT2D eigenvalue weighted by Crippen LogP contribution is 2.53. The van der Waals surface area contributed by atoms with E-state index >= 15 is 0 Å². The molecular weight excluding hydrogens is 578 g/mol. The van der Waals surface area contributed by atoms with Crippen LogP contribution in [0.4, 0.5) is 26.3 Å². The van der Waals surface area contributed by atoms with Crippen molar-refractivity contribution in [2.75, 3.05) is 13.7 Å². The first kappa shape index (κ1) is 31.4. The molecule has 0 aliphatic rings. The normalized spacial score (nSPS) is 12.8. The molecule has 4 rings (SSSR count). The summed E-state index contributed by atoms with van der Waals surface area (Å²) in [4.78, 5) is 10.9. The van der Waals surface area contributed by atoms with Gasteiger partial charge in [-0.25, -0.2) is 0 Å². The number of carbonyl (C=O) groups excluding carboxylic acids is 1. The molecule has 0 radical (unpaired) electrons. The molecule has 0 bridgehead atoms. The van der Waals surface area contributed by atoms with Crippen LogP contribution in [0.3, 0.4) is 0 Å². The van der Waals surface area contributed by atoms with Crippen LogP contribution in [0.5, 0.6) is 17.2 Å². The monoisotopic (exact) mass is 604 g/mol. The van der Waals surface area contributed by atoms with E-state index in [1.165, 1.54) is 31.4 Å². The Balaban J connectivity index is 1.59. The number of aldehydes is 1. The van der Waals surface area contributed by atoms with E-state index in [-0.39, 0.29) is 17.9 Å². The van der Waals surface area contributed by atoms with Gasteiger partial charge in [0.15, 0.2) is 6.10 Å². The van der Waals surface area contributed by atoms with E-state index in [0.29, 0.717) is 41.0 Å². The smallest absolute Gasteiger partial charge is 0.430 e. The van der Waals surface area contributed by atoms with Crippen LogP contribution in [0, 0.1) is 0 Å². The lowest BCUT2D eigenvalue weighted by Crippen LogP contribution is -2.55. The van der Waals surface area contributed by atoms with Gasteiger partial charge in [-0.05, 0) is 59.7 Å². The van der Waals surface area contributed by atoms with Crippen molar-refractivity contribution in [1.29, 1.82) is 0 Å². The Morgan fingerprint density at radius 3 is 1.79 bits per heavy atom. The minimum absolute atomic E-state index is 0.00547. The summed E-state index contributed by atoms with van der Waals surface area (Å²) >= 11 is 0. The Kier molecular flexibility index (Phi) is 9.65. The second-order valence-corrected chi connectivity index (χ2v) is 9.35. The Labute approximate surface area is 243 Å². The van der Waals surface area contributed by atoms with Crippen molar-refractivity contribution in [1.82, 2.24) is 0 Å². The van der Waals surface area contributed by atoms with Crippen LogP contribution < -0.4 is 14.2 Å². The molecular formula is C32H26F6O5. The molecule has 0 spiro atoms. The van der Waals surface area contributed by atoms with E-state index in [1.54, 1.807) is 54.6 Å². The average molecular weight is 605 g/mol. The largest absolute Gasteiger partial charge is 0.497 e. The molecule has 11 heteroatoms. The van der Waals surface area contributed by atoms with Gasteiger partial charge in [-0.3, -0.25) is 4.79 Å². The molecule has 4 aromatic rings. The molecule has 0 heterocycles. The van der Waals surface area contributed by atoms with Crippen LogP contribution in [0.1, 0.15) is 33.2 Å². The molecule has 226 valence electrons. The topological polar surface area (TPSA) is 54.0 Å². The lowest BCUT2D eigenvalue weighted by atomic mass is 9.91. The molecule has 0 aromatic heterocycles. The molecule has 0 saturated heterocycles. The van der Waals surface area contributed by atoms with Gasteiger partial charge < -0.3 is 18.9 Å². The summed E-state index contributed by atoms with van der Waals surface area (Å²) in [7, 11) is 1.38. The Morgan fingerprint density at radius 2 is 1.26 bits per heavy atom. The van der Waals surface area contributed by atoms with Crippen LogP contribution in [-0.2, 0) is 16.9 Å². The maximum Gasteiger partial charge on any atom is 0.430 e. The van der Waals surface area contributed by atoms with Crippen molar-refractivity contribution in [3.8, 4) is 17.2 Å². The first-order valence-electron chi connectivity index (χ1n) is 12.9. The Morgan fingerprint density at radius 1 is 0.698 bits per heavy atom. The zero-order valence-electron chi connectivity index (χ0n) is 22.7. The third kappa shape index (κ3) is 7.29. The number of benzene rings is 4. The number of halogens is 6. The summed E-state index contributed by atoms with van der Waals surface area (Å²) in [6.07, 6.45) is -11.8. The average Bonchev–Trinajstić information content (AvgIpc) is 3.00. The molecule has 0 amide bonds. The lowest BCUT2D eigenvalue weighted by Gasteiger charge is -2.37. The zero-order valence-corrected chi connectivity index (χ0v) is 22.7. The fourth-order valence-electron chi connectivity index (χ4n) is 4.26. The Hall–Kier alpha value is -4.51. The molecule has 4 aromatic carbocycles. The number of hydrogen-bond donors (Lipinski definition) is 0. The summed E-state index contributed by atoms with van der Waals surface area (Å²) in [5, 5.41) is 0. The first-order valence-corrected chi connectivity index (χ1v) is 12.9. The van der Waals surface area contributed by atoms with Gasteiger partial charge in [-0.2, -0.15) is 26.3 Å². The van der Waals surface area contributed by atoms with Crippen molar-refractivity contribution in [2.24, 2.45) is 0 Å². The third-order valence-electron chi connectivity index (χ3n) is 6.54. The highest BCUT2D eigenvalue weighted by atomic mass is 19.4. The lowest BCUT2D eigenvalue weighted by molar-refractivity contribution is -0.392. The van der Waals surface area contributed by atoms with Crippen LogP contribution in [0.15, 0.2) is 103 Å². The highest BCUT2D eigenvalue weighted by Gasteiger charge is 2.73. The van der Waals surface area contributed by atoms with Gasteiger partial charge in [-0.1, -0.05) is 54.6 Å². The van der Waals surface area contributed by atoms with Crippen LogP contribution in [-0.4, -0.2) is 32.4 Å². The van der Waals surface area contributed by atoms with Gasteiger partial charge in [-0.15, -0.1) is 0 Å². The predicted molar refractivity (Wildman–Crippen MR) is 145 cm³/mol. The molecule has 0 aliphatic heterocycles. The number of ether oxygens (including phenoxy) is 4. The number of alkyl halides is 6. The first-order chi connectivity index (χ1) is 20.5. The van der Waals surface area contributed by atoms with E-state index in [9.17, 15) is 31.1 Å². The van der Waals surface area contributed by atoms with Crippen molar-refractivity contribution >= 4 is 6.29 Å². The maximum absolute atomic E-state index is 14.3. The number of carbonyl (C=O) groups is 1. The van der Waals surface area contributed by atoms with Crippen molar-refractivity contribution in [2.45, 2.75) is 30.7 Å². The van der Waals surface area contributed by atoms with Gasteiger partial charge in [0.25, 0.3) is 5.60 Å². The second kappa shape index (κ2) is 13.2. The summed E-state index contributed by atoms with van der Waals surface area (Å²) < 4.78 is 107. The van der Waals surface area contributed by atoms with Gasteiger partial charge in [0.05, 0.1) is 13.7 Å². The summed E-state index contributed by atoms with van der Waals surface area (Å²) in [5.41, 5.74) is -4.57. The summed E-state index contributed by atoms with van der Waals surface area (Å²) in [5.74, 6) is 0.817. The minimum atomic E-state index is -5.85. The molecule has 1 unspecified atom stereocenters. The van der Waals surface area contributed by atoms with E-state index in [4.69, 9.17) is 18.9 Å². The molecule has 0 fully saturated rings. The summed E-state index contributed by atoms with van der Waals surface area (Å²) in [6.45, 7) is -1.02. The van der Waals surface area contributed by atoms with Crippen molar-refractivity contribution in [3.05, 3.63) is 125 Å². The third-order valence-corrected chi connectivity index (χ3v) is 6.54. The number of hydrogen-bond acceptors (Lipinski definition) is 5. The summed E-state index contributed by atoms with van der Waals surface area (Å²) in [6, 6.07) is 23.9. The number of rotatable bonds is 12. The SMILES string of the molecule is COc1ccc(COC(c2ccc(OC(COc3ccc(C=O)cc3)c3ccccc3)cc2)(C(F)(F)F)C(F)(F)F)cc1. The van der Waals surface area contributed by atoms with E-state index in [0.717, 1.165) is 12.1 Å². The molecule has 0 saturated carbocycles.